The Balaban J connectivity index is 1.57. The van der Waals surface area contributed by atoms with Crippen LogP contribution in [0.5, 0.6) is 0 Å². The molecule has 1 aliphatic rings. The number of nitrogens with zero attached hydrogens (tertiary/aromatic N) is 4. The van der Waals surface area contributed by atoms with Gasteiger partial charge in [0.2, 0.25) is 5.91 Å². The molecular weight excluding hydrogens is 472 g/mol. The third kappa shape index (κ3) is 11.4. The summed E-state index contributed by atoms with van der Waals surface area (Å²) < 4.78 is 1.81. The van der Waals surface area contributed by atoms with Crippen molar-refractivity contribution in [1.29, 1.82) is 0 Å². The van der Waals surface area contributed by atoms with Gasteiger partial charge in [0.25, 0.3) is 5.69 Å². The van der Waals surface area contributed by atoms with Crippen LogP contribution in [-0.2, 0) is 11.8 Å². The number of likely N-dealkylation sites (tertiary alicyclic amines) is 1. The minimum Gasteiger partial charge on any atom is -0.341 e. The number of aryl methyl sites for hydroxylation is 2. The summed E-state index contributed by atoms with van der Waals surface area (Å²) in [6.45, 7) is 5.37. The molecule has 2 rings (SSSR count). The quantitative estimate of drug-likeness (QED) is 0.167. The smallest absolute Gasteiger partial charge is 0.320 e. The molecule has 0 bridgehead atoms. The first-order valence-corrected chi connectivity index (χ1v) is 14.1. The lowest BCUT2D eigenvalue weighted by atomic mass is 10.2. The summed E-state index contributed by atoms with van der Waals surface area (Å²) in [5.74, 6) is 0.126. The van der Waals surface area contributed by atoms with Gasteiger partial charge in [-0.1, -0.05) is 67.7 Å². The fourth-order valence-electron chi connectivity index (χ4n) is 4.37. The van der Waals surface area contributed by atoms with Crippen LogP contribution in [0.25, 0.3) is 0 Å². The minimum absolute atomic E-state index is 0.0405. The lowest BCUT2D eigenvalue weighted by Crippen LogP contribution is -2.46. The Labute approximate surface area is 230 Å². The van der Waals surface area contributed by atoms with E-state index in [1.807, 2.05) is 36.7 Å². The van der Waals surface area contributed by atoms with Gasteiger partial charge in [-0.25, -0.2) is 4.98 Å². The van der Waals surface area contributed by atoms with Gasteiger partial charge in [-0.2, -0.15) is 4.57 Å². The Kier molecular flexibility index (Phi) is 14.7. The van der Waals surface area contributed by atoms with Crippen LogP contribution >= 0.6 is 0 Å². The van der Waals surface area contributed by atoms with E-state index in [-0.39, 0.29) is 17.9 Å². The second kappa shape index (κ2) is 18.1. The van der Waals surface area contributed by atoms with E-state index in [9.17, 15) is 9.59 Å². The minimum atomic E-state index is -0.0577. The Morgan fingerprint density at radius 3 is 2.16 bits per heavy atom. The van der Waals surface area contributed by atoms with E-state index in [0.29, 0.717) is 25.2 Å². The van der Waals surface area contributed by atoms with Crippen LogP contribution in [0.3, 0.4) is 0 Å². The first kappa shape index (κ1) is 30.9. The molecule has 206 valence electrons. The molecule has 1 fully saturated rings. The fraction of sp³-hybridized carbons (Fsp3) is 0.500. The summed E-state index contributed by atoms with van der Waals surface area (Å²) in [7, 11) is 3.68. The fourth-order valence-corrected chi connectivity index (χ4v) is 4.37. The van der Waals surface area contributed by atoms with Crippen molar-refractivity contribution in [2.75, 3.05) is 20.1 Å². The van der Waals surface area contributed by atoms with Crippen molar-refractivity contribution in [3.05, 3.63) is 84.5 Å². The Morgan fingerprint density at radius 2 is 1.58 bits per heavy atom. The zero-order chi connectivity index (χ0) is 27.6. The lowest BCUT2D eigenvalue weighted by Gasteiger charge is -2.23. The predicted molar refractivity (Wildman–Crippen MR) is 156 cm³/mol. The molecule has 2 heterocycles. The van der Waals surface area contributed by atoms with Crippen LogP contribution in [-0.4, -0.2) is 52.8 Å². The average Bonchev–Trinajstić information content (AvgIpc) is 3.40. The van der Waals surface area contributed by atoms with Gasteiger partial charge in [0.05, 0.1) is 6.04 Å². The van der Waals surface area contributed by atoms with Crippen LogP contribution in [0.4, 0.5) is 0 Å². The van der Waals surface area contributed by atoms with E-state index >= 15 is 0 Å². The number of unbranched alkanes of at least 4 members (excludes halogenated alkanes) is 1. The molecule has 2 amide bonds. The Hall–Kier alpha value is -3.28. The molecule has 0 radical (unpaired) electrons. The number of carbonyl (C=O) groups is 2. The summed E-state index contributed by atoms with van der Waals surface area (Å²) in [6, 6.07) is 0.0405. The number of likely N-dealkylation sites (N-methyl/N-ethyl adjacent to an activating group) is 1. The standard InChI is InChI=1S/C32H47N4O2/c1-5-6-7-8-9-10-11-12-13-14-15-16-17-18-19-20-21-22-31(37)36-24-23-29(27-36)35(4)32(38)30-25-33-28(2)26-34(30)3/h6-7,9-10,12-13,15-16,18-19,25-26,29H,5,8,11,14,17,20-24,27H2,1-4H3/q+1/b7-6-,10-9-,13-12-,16-15-,19-18-/t29-/m0/s1. The number of rotatable bonds is 15. The van der Waals surface area contributed by atoms with Crippen LogP contribution < -0.4 is 4.57 Å². The van der Waals surface area contributed by atoms with E-state index in [4.69, 9.17) is 0 Å². The molecule has 6 nitrogen and oxygen atoms in total. The molecule has 1 aromatic heterocycles. The molecule has 1 aromatic rings. The highest BCUT2D eigenvalue weighted by atomic mass is 16.2. The summed E-state index contributed by atoms with van der Waals surface area (Å²) in [4.78, 5) is 33.5. The van der Waals surface area contributed by atoms with Gasteiger partial charge in [-0.3, -0.25) is 9.59 Å². The van der Waals surface area contributed by atoms with Gasteiger partial charge in [0, 0.05) is 26.6 Å². The van der Waals surface area contributed by atoms with Crippen molar-refractivity contribution < 1.29 is 14.2 Å². The first-order valence-electron chi connectivity index (χ1n) is 14.1. The molecule has 38 heavy (non-hydrogen) atoms. The van der Waals surface area contributed by atoms with E-state index in [0.717, 1.165) is 57.1 Å². The van der Waals surface area contributed by atoms with Gasteiger partial charge < -0.3 is 9.80 Å². The molecule has 0 unspecified atom stereocenters. The second-order valence-corrected chi connectivity index (χ2v) is 9.82. The number of hydrogen-bond donors (Lipinski definition) is 0. The average molecular weight is 520 g/mol. The number of allylic oxidation sites excluding steroid dienone is 10. The third-order valence-electron chi connectivity index (χ3n) is 6.67. The number of aromatic nitrogens is 2. The topological polar surface area (TPSA) is 57.4 Å². The maximum Gasteiger partial charge on any atom is 0.320 e. The molecule has 0 aromatic carbocycles. The van der Waals surface area contributed by atoms with E-state index in [1.165, 1.54) is 0 Å². The third-order valence-corrected chi connectivity index (χ3v) is 6.67. The molecule has 0 aliphatic carbocycles. The van der Waals surface area contributed by atoms with Crippen LogP contribution in [0.1, 0.15) is 80.9 Å². The molecule has 1 aliphatic heterocycles. The number of hydrogen-bond acceptors (Lipinski definition) is 3. The van der Waals surface area contributed by atoms with Crippen molar-refractivity contribution in [1.82, 2.24) is 14.8 Å². The molecule has 0 saturated carbocycles. The lowest BCUT2D eigenvalue weighted by molar-refractivity contribution is -0.674. The van der Waals surface area contributed by atoms with Gasteiger partial charge in [-0.05, 0) is 58.3 Å². The van der Waals surface area contributed by atoms with Crippen LogP contribution in [0.15, 0.2) is 73.2 Å². The van der Waals surface area contributed by atoms with Crippen molar-refractivity contribution in [2.45, 2.75) is 77.7 Å². The maximum absolute atomic E-state index is 12.9. The highest BCUT2D eigenvalue weighted by Gasteiger charge is 2.33. The van der Waals surface area contributed by atoms with E-state index < -0.39 is 0 Å². The molecule has 0 N–H and O–H groups in total. The summed E-state index contributed by atoms with van der Waals surface area (Å²) >= 11 is 0. The molecule has 0 spiro atoms. The normalized spacial score (nSPS) is 16.3. The van der Waals surface area contributed by atoms with Crippen molar-refractivity contribution in [3.8, 4) is 0 Å². The van der Waals surface area contributed by atoms with E-state index in [1.54, 1.807) is 11.1 Å². The molecule has 1 atom stereocenters. The predicted octanol–water partition coefficient (Wildman–Crippen LogP) is 5.81. The zero-order valence-electron chi connectivity index (χ0n) is 23.9. The van der Waals surface area contributed by atoms with Crippen molar-refractivity contribution >= 4 is 11.8 Å². The summed E-state index contributed by atoms with van der Waals surface area (Å²) in [6.07, 6.45) is 33.5. The molecule has 6 heteroatoms. The first-order chi connectivity index (χ1) is 18.4. The SMILES string of the molecule is CC/C=C\C/C=C\C/C=C\C/C=C\C/C=C\CCCC(=O)N1CC[C@H](N(C)C(=O)c2cnc(C)c[n+]2C)C1. The van der Waals surface area contributed by atoms with Gasteiger partial charge in [0.1, 0.15) is 18.9 Å². The molecular formula is C32H47N4O2+. The summed E-state index contributed by atoms with van der Waals surface area (Å²) in [5.41, 5.74) is 1.42. The Bertz CT molecular complexity index is 1020. The van der Waals surface area contributed by atoms with Crippen molar-refractivity contribution in [2.24, 2.45) is 7.05 Å². The highest BCUT2D eigenvalue weighted by molar-refractivity contribution is 5.90. The maximum atomic E-state index is 12.9. The molecule has 1 saturated heterocycles. The van der Waals surface area contributed by atoms with E-state index in [2.05, 4.69) is 72.7 Å². The number of amides is 2. The van der Waals surface area contributed by atoms with Gasteiger partial charge in [0.15, 0.2) is 6.20 Å². The second-order valence-electron chi connectivity index (χ2n) is 9.82. The summed E-state index contributed by atoms with van der Waals surface area (Å²) in [5, 5.41) is 0. The highest BCUT2D eigenvalue weighted by Crippen LogP contribution is 2.17. The Morgan fingerprint density at radius 1 is 1.00 bits per heavy atom. The van der Waals surface area contributed by atoms with Crippen molar-refractivity contribution in [3.63, 3.8) is 0 Å². The van der Waals surface area contributed by atoms with Crippen LogP contribution in [0.2, 0.25) is 0 Å². The zero-order valence-corrected chi connectivity index (χ0v) is 23.9. The van der Waals surface area contributed by atoms with Gasteiger partial charge in [-0.15, -0.1) is 0 Å². The number of carbonyl (C=O) groups excluding carboxylic acids is 2. The monoisotopic (exact) mass is 519 g/mol. The largest absolute Gasteiger partial charge is 0.341 e. The van der Waals surface area contributed by atoms with Gasteiger partial charge >= 0.3 is 5.91 Å². The van der Waals surface area contributed by atoms with Crippen LogP contribution in [0, 0.1) is 6.92 Å².